The van der Waals surface area contributed by atoms with Gasteiger partial charge >= 0.3 is 0 Å². The molecule has 2 aliphatic rings. The highest BCUT2D eigenvalue weighted by atomic mass is 35.5. The van der Waals surface area contributed by atoms with Gasteiger partial charge in [-0.2, -0.15) is 0 Å². The Hall–Kier alpha value is 0.210. The summed E-state index contributed by atoms with van der Waals surface area (Å²) in [5.74, 6) is 0.635. The van der Waals surface area contributed by atoms with Crippen LogP contribution >= 0.6 is 11.6 Å². The number of hydrogen-bond acceptors (Lipinski definition) is 2. The minimum atomic E-state index is 0.258. The first-order valence-corrected chi connectivity index (χ1v) is 6.28. The normalized spacial score (nSPS) is 36.4. The average Bonchev–Trinajstić information content (AvgIpc) is 2.71. The Bertz CT molecular complexity index is 182. The summed E-state index contributed by atoms with van der Waals surface area (Å²) in [7, 11) is 0. The van der Waals surface area contributed by atoms with Crippen molar-refractivity contribution in [2.24, 2.45) is 0 Å². The Morgan fingerprint density at radius 1 is 1.36 bits per heavy atom. The van der Waals surface area contributed by atoms with Crippen molar-refractivity contribution in [2.75, 3.05) is 19.0 Å². The van der Waals surface area contributed by atoms with Crippen LogP contribution in [0.15, 0.2) is 0 Å². The molecule has 0 aromatic rings. The summed E-state index contributed by atoms with van der Waals surface area (Å²) < 4.78 is 5.66. The molecular weight excluding hydrogens is 198 g/mol. The molecule has 0 bridgehead atoms. The summed E-state index contributed by atoms with van der Waals surface area (Å²) in [5.41, 5.74) is 0. The van der Waals surface area contributed by atoms with Gasteiger partial charge in [0.1, 0.15) is 0 Å². The molecule has 1 saturated heterocycles. The number of hydrogen-bond donors (Lipinski definition) is 0. The summed E-state index contributed by atoms with van der Waals surface area (Å²) in [6.45, 7) is 4.16. The molecule has 0 amide bonds. The molecule has 2 unspecified atom stereocenters. The van der Waals surface area contributed by atoms with Crippen LogP contribution in [0.2, 0.25) is 0 Å². The maximum atomic E-state index is 5.85. The second kappa shape index (κ2) is 4.82. The molecule has 1 saturated carbocycles. The summed E-state index contributed by atoms with van der Waals surface area (Å²) in [6, 6.07) is 1.39. The molecule has 14 heavy (non-hydrogen) atoms. The Morgan fingerprint density at radius 2 is 2.07 bits per heavy atom. The molecule has 1 aliphatic carbocycles. The monoisotopic (exact) mass is 217 g/mol. The smallest absolute Gasteiger partial charge is 0.0838 e. The molecule has 1 heterocycles. The van der Waals surface area contributed by atoms with Crippen molar-refractivity contribution in [3.63, 3.8) is 0 Å². The van der Waals surface area contributed by atoms with E-state index in [0.717, 1.165) is 19.2 Å². The third-order valence-electron chi connectivity index (χ3n) is 3.52. The molecule has 2 nitrogen and oxygen atoms in total. The first-order chi connectivity index (χ1) is 6.81. The van der Waals surface area contributed by atoms with Crippen LogP contribution in [0.1, 0.15) is 32.6 Å². The zero-order chi connectivity index (χ0) is 9.97. The molecular formula is C11H20ClNO. The number of alkyl halides is 1. The van der Waals surface area contributed by atoms with E-state index in [1.807, 2.05) is 0 Å². The lowest BCUT2D eigenvalue weighted by atomic mass is 10.1. The lowest BCUT2D eigenvalue weighted by molar-refractivity contribution is -0.0634. The number of ether oxygens (including phenoxy) is 1. The number of rotatable bonds is 2. The molecule has 0 spiro atoms. The molecule has 3 heteroatoms. The van der Waals surface area contributed by atoms with Gasteiger partial charge in [0.2, 0.25) is 0 Å². The van der Waals surface area contributed by atoms with Gasteiger partial charge in [-0.25, -0.2) is 0 Å². The highest BCUT2D eigenvalue weighted by Gasteiger charge is 2.32. The van der Waals surface area contributed by atoms with Crippen molar-refractivity contribution < 1.29 is 4.74 Å². The molecule has 0 aromatic carbocycles. The molecule has 2 atom stereocenters. The van der Waals surface area contributed by atoms with Crippen LogP contribution in [-0.4, -0.2) is 42.1 Å². The van der Waals surface area contributed by atoms with Crippen LogP contribution < -0.4 is 0 Å². The van der Waals surface area contributed by atoms with Gasteiger partial charge in [0.25, 0.3) is 0 Å². The van der Waals surface area contributed by atoms with Crippen LogP contribution in [0.5, 0.6) is 0 Å². The standard InChI is InChI=1S/C11H20ClNO/c1-9-8-14-11(6-12)7-13(9)10-4-2-3-5-10/h9-11H,2-8H2,1H3. The minimum Gasteiger partial charge on any atom is -0.374 e. The number of nitrogens with zero attached hydrogens (tertiary/aromatic N) is 1. The Morgan fingerprint density at radius 3 is 2.71 bits per heavy atom. The predicted octanol–water partition coefficient (Wildman–Crippen LogP) is 2.26. The summed E-state index contributed by atoms with van der Waals surface area (Å²) in [4.78, 5) is 2.61. The number of morpholine rings is 1. The zero-order valence-electron chi connectivity index (χ0n) is 8.92. The highest BCUT2D eigenvalue weighted by molar-refractivity contribution is 6.18. The van der Waals surface area contributed by atoms with Crippen LogP contribution in [-0.2, 0) is 4.74 Å². The fourth-order valence-corrected chi connectivity index (χ4v) is 2.86. The Balaban J connectivity index is 1.93. The largest absolute Gasteiger partial charge is 0.374 e. The molecule has 82 valence electrons. The number of halogens is 1. The van der Waals surface area contributed by atoms with E-state index in [9.17, 15) is 0 Å². The fraction of sp³-hybridized carbons (Fsp3) is 1.00. The van der Waals surface area contributed by atoms with E-state index in [1.165, 1.54) is 25.7 Å². The highest BCUT2D eigenvalue weighted by Crippen LogP contribution is 2.27. The minimum absolute atomic E-state index is 0.258. The zero-order valence-corrected chi connectivity index (χ0v) is 9.67. The third-order valence-corrected chi connectivity index (χ3v) is 3.86. The van der Waals surface area contributed by atoms with Crippen molar-refractivity contribution in [3.8, 4) is 0 Å². The average molecular weight is 218 g/mol. The summed E-state index contributed by atoms with van der Waals surface area (Å²) >= 11 is 5.85. The van der Waals surface area contributed by atoms with Crippen LogP contribution in [0.3, 0.4) is 0 Å². The van der Waals surface area contributed by atoms with E-state index in [0.29, 0.717) is 11.9 Å². The SMILES string of the molecule is CC1COC(CCl)CN1C1CCCC1. The molecule has 0 N–H and O–H groups in total. The molecule has 0 radical (unpaired) electrons. The molecule has 2 fully saturated rings. The topological polar surface area (TPSA) is 12.5 Å². The lowest BCUT2D eigenvalue weighted by Crippen LogP contribution is -2.52. The first-order valence-electron chi connectivity index (χ1n) is 5.74. The van der Waals surface area contributed by atoms with Gasteiger partial charge in [-0.3, -0.25) is 4.90 Å². The molecule has 0 aromatic heterocycles. The lowest BCUT2D eigenvalue weighted by Gasteiger charge is -2.41. The quantitative estimate of drug-likeness (QED) is 0.658. The van der Waals surface area contributed by atoms with E-state index in [4.69, 9.17) is 16.3 Å². The van der Waals surface area contributed by atoms with Gasteiger partial charge in [0.05, 0.1) is 12.7 Å². The van der Waals surface area contributed by atoms with Crippen molar-refractivity contribution in [1.29, 1.82) is 0 Å². The fourth-order valence-electron chi connectivity index (χ4n) is 2.68. The summed E-state index contributed by atoms with van der Waals surface area (Å²) in [5, 5.41) is 0. The van der Waals surface area contributed by atoms with Crippen molar-refractivity contribution in [3.05, 3.63) is 0 Å². The first kappa shape index (κ1) is 10.7. The van der Waals surface area contributed by atoms with E-state index in [-0.39, 0.29) is 6.10 Å². The van der Waals surface area contributed by atoms with Gasteiger partial charge in [-0.1, -0.05) is 12.8 Å². The van der Waals surface area contributed by atoms with Crippen molar-refractivity contribution in [2.45, 2.75) is 50.8 Å². The second-order valence-corrected chi connectivity index (χ2v) is 4.90. The van der Waals surface area contributed by atoms with Crippen LogP contribution in [0.4, 0.5) is 0 Å². The van der Waals surface area contributed by atoms with E-state index < -0.39 is 0 Å². The van der Waals surface area contributed by atoms with Gasteiger partial charge < -0.3 is 4.74 Å². The van der Waals surface area contributed by atoms with Gasteiger partial charge in [-0.05, 0) is 19.8 Å². The van der Waals surface area contributed by atoms with Gasteiger partial charge in [-0.15, -0.1) is 11.6 Å². The van der Waals surface area contributed by atoms with Crippen molar-refractivity contribution >= 4 is 11.6 Å². The molecule has 1 aliphatic heterocycles. The molecule has 2 rings (SSSR count). The summed E-state index contributed by atoms with van der Waals surface area (Å²) in [6.07, 6.45) is 5.81. The van der Waals surface area contributed by atoms with E-state index in [2.05, 4.69) is 11.8 Å². The second-order valence-electron chi connectivity index (χ2n) is 4.59. The van der Waals surface area contributed by atoms with Crippen molar-refractivity contribution in [1.82, 2.24) is 4.90 Å². The van der Waals surface area contributed by atoms with Crippen LogP contribution in [0.25, 0.3) is 0 Å². The van der Waals surface area contributed by atoms with E-state index >= 15 is 0 Å². The Labute approximate surface area is 91.6 Å². The maximum absolute atomic E-state index is 5.85. The van der Waals surface area contributed by atoms with Gasteiger partial charge in [0, 0.05) is 24.5 Å². The van der Waals surface area contributed by atoms with E-state index in [1.54, 1.807) is 0 Å². The predicted molar refractivity (Wildman–Crippen MR) is 58.9 cm³/mol. The van der Waals surface area contributed by atoms with Crippen LogP contribution in [0, 0.1) is 0 Å². The Kier molecular flexibility index (Phi) is 3.69. The van der Waals surface area contributed by atoms with Gasteiger partial charge in [0.15, 0.2) is 0 Å². The maximum Gasteiger partial charge on any atom is 0.0838 e. The third kappa shape index (κ3) is 2.23.